The van der Waals surface area contributed by atoms with E-state index in [4.69, 9.17) is 4.74 Å². The van der Waals surface area contributed by atoms with E-state index in [0.29, 0.717) is 10.9 Å². The first-order valence-corrected chi connectivity index (χ1v) is 11.7. The van der Waals surface area contributed by atoms with E-state index in [9.17, 15) is 22.4 Å². The fourth-order valence-corrected chi connectivity index (χ4v) is 5.07. The largest absolute Gasteiger partial charge is 0.465 e. The zero-order chi connectivity index (χ0) is 24.5. The van der Waals surface area contributed by atoms with Crippen LogP contribution in [0.5, 0.6) is 0 Å². The number of esters is 1. The number of benzene rings is 3. The molecule has 4 aromatic rings. The van der Waals surface area contributed by atoms with Crippen molar-refractivity contribution in [3.05, 3.63) is 95.9 Å². The van der Waals surface area contributed by atoms with Crippen molar-refractivity contribution < 1.29 is 27.1 Å². The molecule has 1 aromatic heterocycles. The summed E-state index contributed by atoms with van der Waals surface area (Å²) in [5.74, 6) is -2.11. The lowest BCUT2D eigenvalue weighted by Crippen LogP contribution is -2.38. The second-order valence-electron chi connectivity index (χ2n) is 7.59. The zero-order valence-electron chi connectivity index (χ0n) is 18.4. The van der Waals surface area contributed by atoms with Crippen LogP contribution in [0.15, 0.2) is 83.9 Å². The van der Waals surface area contributed by atoms with E-state index in [1.807, 2.05) is 6.92 Å². The Balaban J connectivity index is 1.82. The van der Waals surface area contributed by atoms with Crippen LogP contribution < -0.4 is 4.31 Å². The summed E-state index contributed by atoms with van der Waals surface area (Å²) in [6, 6.07) is 18.1. The van der Waals surface area contributed by atoms with Gasteiger partial charge in [-0.05, 0) is 37.3 Å². The van der Waals surface area contributed by atoms with Gasteiger partial charge in [0.05, 0.1) is 28.8 Å². The maximum Gasteiger partial charge on any atom is 0.340 e. The van der Waals surface area contributed by atoms with E-state index in [0.717, 1.165) is 15.9 Å². The summed E-state index contributed by atoms with van der Waals surface area (Å²) in [6.45, 7) is 1.11. The lowest BCUT2D eigenvalue weighted by atomic mass is 10.2. The van der Waals surface area contributed by atoms with Crippen LogP contribution in [-0.4, -0.2) is 38.5 Å². The summed E-state index contributed by atoms with van der Waals surface area (Å²) in [5.41, 5.74) is 1.14. The molecule has 0 fully saturated rings. The molecule has 0 saturated carbocycles. The number of anilines is 1. The molecule has 0 spiro atoms. The van der Waals surface area contributed by atoms with Crippen molar-refractivity contribution in [2.75, 3.05) is 18.0 Å². The van der Waals surface area contributed by atoms with E-state index in [1.54, 1.807) is 36.4 Å². The minimum absolute atomic E-state index is 0.0817. The van der Waals surface area contributed by atoms with Crippen molar-refractivity contribution in [2.24, 2.45) is 0 Å². The molecule has 0 aliphatic rings. The predicted molar refractivity (Wildman–Crippen MR) is 126 cm³/mol. The van der Waals surface area contributed by atoms with Gasteiger partial charge in [0.25, 0.3) is 15.9 Å². The molecule has 174 valence electrons. The fourth-order valence-electron chi connectivity index (χ4n) is 3.65. The van der Waals surface area contributed by atoms with Crippen LogP contribution in [0, 0.1) is 12.7 Å². The first-order valence-electron chi connectivity index (χ1n) is 10.3. The summed E-state index contributed by atoms with van der Waals surface area (Å²) in [7, 11) is -3.07. The smallest absolute Gasteiger partial charge is 0.340 e. The first-order chi connectivity index (χ1) is 16.2. The summed E-state index contributed by atoms with van der Waals surface area (Å²) in [4.78, 5) is 25.5. The van der Waals surface area contributed by atoms with Gasteiger partial charge in [0, 0.05) is 11.6 Å². The predicted octanol–water partition coefficient (Wildman–Crippen LogP) is 4.41. The molecule has 9 heteroatoms. The number of fused-ring (bicyclic) bond motifs is 1. The summed E-state index contributed by atoms with van der Waals surface area (Å²) < 4.78 is 48.5. The highest BCUT2D eigenvalue weighted by Crippen LogP contribution is 2.28. The number of carbonyl (C=O) groups is 2. The molecule has 4 rings (SSSR count). The van der Waals surface area contributed by atoms with Crippen molar-refractivity contribution in [3.8, 4) is 0 Å². The number of methoxy groups -OCH3 is 1. The van der Waals surface area contributed by atoms with Crippen LogP contribution in [0.1, 0.15) is 20.7 Å². The molecule has 0 aliphatic carbocycles. The second kappa shape index (κ2) is 9.11. The Bertz CT molecular complexity index is 1490. The summed E-state index contributed by atoms with van der Waals surface area (Å²) in [5, 5.41) is 0.474. The number of carbonyl (C=O) groups excluding carboxylic acids is 2. The van der Waals surface area contributed by atoms with Crippen molar-refractivity contribution in [3.63, 3.8) is 0 Å². The highest BCUT2D eigenvalue weighted by atomic mass is 32.2. The molecule has 0 aliphatic heterocycles. The van der Waals surface area contributed by atoms with Gasteiger partial charge < -0.3 is 4.74 Å². The summed E-state index contributed by atoms with van der Waals surface area (Å²) in [6.07, 6.45) is 1.30. The van der Waals surface area contributed by atoms with Gasteiger partial charge in [-0.2, -0.15) is 0 Å². The van der Waals surface area contributed by atoms with Gasteiger partial charge in [-0.1, -0.05) is 48.0 Å². The highest BCUT2D eigenvalue weighted by Gasteiger charge is 2.30. The van der Waals surface area contributed by atoms with Crippen molar-refractivity contribution >= 4 is 38.5 Å². The van der Waals surface area contributed by atoms with Gasteiger partial charge in [0.15, 0.2) is 0 Å². The minimum atomic E-state index is -4.30. The average Bonchev–Trinajstić information content (AvgIpc) is 3.22. The minimum Gasteiger partial charge on any atom is -0.465 e. The number of halogens is 1. The molecule has 0 atom stereocenters. The van der Waals surface area contributed by atoms with Crippen LogP contribution >= 0.6 is 0 Å². The normalized spacial score (nSPS) is 11.4. The van der Waals surface area contributed by atoms with Gasteiger partial charge in [0.1, 0.15) is 12.4 Å². The monoisotopic (exact) mass is 480 g/mol. The third-order valence-corrected chi connectivity index (χ3v) is 7.17. The number of aromatic nitrogens is 1. The quantitative estimate of drug-likeness (QED) is 0.382. The molecule has 0 unspecified atom stereocenters. The van der Waals surface area contributed by atoms with Gasteiger partial charge in [-0.25, -0.2) is 17.6 Å². The van der Waals surface area contributed by atoms with Crippen LogP contribution in [0.25, 0.3) is 10.9 Å². The van der Waals surface area contributed by atoms with Crippen LogP contribution in [0.2, 0.25) is 0 Å². The zero-order valence-corrected chi connectivity index (χ0v) is 19.3. The number of rotatable bonds is 6. The lowest BCUT2D eigenvalue weighted by Gasteiger charge is -2.24. The van der Waals surface area contributed by atoms with E-state index >= 15 is 0 Å². The Morgan fingerprint density at radius 1 is 0.971 bits per heavy atom. The molecule has 0 radical (unpaired) electrons. The van der Waals surface area contributed by atoms with Gasteiger partial charge >= 0.3 is 5.97 Å². The number of hydrogen-bond acceptors (Lipinski definition) is 5. The van der Waals surface area contributed by atoms with E-state index in [2.05, 4.69) is 0 Å². The standard InChI is InChI=1S/C25H21FN2O5S/c1-17-11-13-18(14-12-17)34(31,32)28(23-10-6-4-8-21(23)26)16-24(29)27-15-20(25(30)33-2)19-7-3-5-9-22(19)27/h3-15H,16H2,1-2H3. The van der Waals surface area contributed by atoms with Crippen molar-refractivity contribution in [1.29, 1.82) is 0 Å². The van der Waals surface area contributed by atoms with Crippen molar-refractivity contribution in [2.45, 2.75) is 11.8 Å². The first kappa shape index (κ1) is 23.2. The van der Waals surface area contributed by atoms with Gasteiger partial charge in [0.2, 0.25) is 0 Å². The molecule has 0 saturated heterocycles. The Morgan fingerprint density at radius 3 is 2.29 bits per heavy atom. The summed E-state index contributed by atoms with van der Waals surface area (Å²) >= 11 is 0. The molecule has 0 amide bonds. The Morgan fingerprint density at radius 2 is 1.62 bits per heavy atom. The van der Waals surface area contributed by atoms with Crippen LogP contribution in [0.4, 0.5) is 10.1 Å². The van der Waals surface area contributed by atoms with Crippen LogP contribution in [0.3, 0.4) is 0 Å². The molecule has 7 nitrogen and oxygen atoms in total. The van der Waals surface area contributed by atoms with E-state index in [1.165, 1.54) is 48.2 Å². The number of ether oxygens (including phenoxy) is 1. The topological polar surface area (TPSA) is 85.7 Å². The van der Waals surface area contributed by atoms with Crippen molar-refractivity contribution in [1.82, 2.24) is 4.57 Å². The molecule has 0 N–H and O–H groups in total. The fraction of sp³-hybridized carbons (Fsp3) is 0.120. The Labute approximate surface area is 196 Å². The SMILES string of the molecule is COC(=O)c1cn(C(=O)CN(c2ccccc2F)S(=O)(=O)c2ccc(C)cc2)c2ccccc12. The highest BCUT2D eigenvalue weighted by molar-refractivity contribution is 7.92. The third-order valence-electron chi connectivity index (χ3n) is 5.39. The number of para-hydroxylation sites is 2. The molecule has 34 heavy (non-hydrogen) atoms. The number of sulfonamides is 1. The molecule has 0 bridgehead atoms. The second-order valence-corrected chi connectivity index (χ2v) is 9.45. The maximum atomic E-state index is 14.7. The van der Waals surface area contributed by atoms with Gasteiger partial charge in [-0.3, -0.25) is 13.7 Å². The Hall–Kier alpha value is -3.98. The lowest BCUT2D eigenvalue weighted by molar-refractivity contribution is 0.0603. The third kappa shape index (κ3) is 4.17. The number of hydrogen-bond donors (Lipinski definition) is 0. The van der Waals surface area contributed by atoms with Gasteiger partial charge in [-0.15, -0.1) is 0 Å². The molecular weight excluding hydrogens is 459 g/mol. The van der Waals surface area contributed by atoms with Crippen LogP contribution in [-0.2, 0) is 14.8 Å². The average molecular weight is 481 g/mol. The number of nitrogens with zero attached hydrogens (tertiary/aromatic N) is 2. The molecule has 3 aromatic carbocycles. The molecule has 1 heterocycles. The molecular formula is C25H21FN2O5S. The van der Waals surface area contributed by atoms with E-state index in [-0.39, 0.29) is 16.1 Å². The number of aryl methyl sites for hydroxylation is 1. The maximum absolute atomic E-state index is 14.7. The Kier molecular flexibility index (Phi) is 6.21. The van der Waals surface area contributed by atoms with E-state index < -0.39 is 34.3 Å².